The van der Waals surface area contributed by atoms with Crippen molar-refractivity contribution in [3.8, 4) is 0 Å². The Hall–Kier alpha value is -1.36. The van der Waals surface area contributed by atoms with E-state index in [0.717, 1.165) is 47.6 Å². The van der Waals surface area contributed by atoms with E-state index in [1.807, 2.05) is 25.4 Å². The fraction of sp³-hybridized carbons (Fsp3) is 0.471. The van der Waals surface area contributed by atoms with Gasteiger partial charge in [0.25, 0.3) is 0 Å². The molecule has 0 radical (unpaired) electrons. The van der Waals surface area contributed by atoms with Crippen LogP contribution in [0.3, 0.4) is 0 Å². The second kappa shape index (κ2) is 7.27. The van der Waals surface area contributed by atoms with E-state index in [2.05, 4.69) is 27.0 Å². The molecule has 1 aliphatic heterocycles. The van der Waals surface area contributed by atoms with Crippen LogP contribution < -0.4 is 5.32 Å². The standard InChI is InChI=1S/C16H20ClN3O.CH4/c1-11-12(17)6-7-14-16(11)19-10-20(14)9-3-4-13-15(21)5-2-8-18-13;/h3-4,6-7,10,13,15,18,21H,2,5,8-9H2,1H3;1H4/b4-3+;/t13-,15+;/m1./s1. The number of hydrogen-bond donors (Lipinski definition) is 2. The van der Waals surface area contributed by atoms with Crippen LogP contribution in [0.25, 0.3) is 11.0 Å². The lowest BCUT2D eigenvalue weighted by atomic mass is 10.0. The van der Waals surface area contributed by atoms with E-state index in [4.69, 9.17) is 11.6 Å². The van der Waals surface area contributed by atoms with Crippen molar-refractivity contribution in [2.75, 3.05) is 6.54 Å². The smallest absolute Gasteiger partial charge is 0.0961 e. The summed E-state index contributed by atoms with van der Waals surface area (Å²) in [6.07, 6.45) is 7.60. The summed E-state index contributed by atoms with van der Waals surface area (Å²) >= 11 is 6.12. The van der Waals surface area contributed by atoms with Gasteiger partial charge in [-0.05, 0) is 44.0 Å². The number of imidazole rings is 1. The topological polar surface area (TPSA) is 50.1 Å². The molecule has 2 heterocycles. The average molecular weight is 322 g/mol. The lowest BCUT2D eigenvalue weighted by molar-refractivity contribution is 0.115. The Morgan fingerprint density at radius 1 is 1.50 bits per heavy atom. The summed E-state index contributed by atoms with van der Waals surface area (Å²) in [7, 11) is 0. The Balaban J connectivity index is 0.00000176. The van der Waals surface area contributed by atoms with Crippen molar-refractivity contribution in [2.45, 2.75) is 45.9 Å². The second-order valence-corrected chi connectivity index (χ2v) is 5.96. The van der Waals surface area contributed by atoms with Crippen molar-refractivity contribution in [3.05, 3.63) is 41.2 Å². The third-order valence-corrected chi connectivity index (χ3v) is 4.51. The van der Waals surface area contributed by atoms with Gasteiger partial charge in [-0.15, -0.1) is 0 Å². The highest BCUT2D eigenvalue weighted by Crippen LogP contribution is 2.24. The molecular weight excluding hydrogens is 298 g/mol. The van der Waals surface area contributed by atoms with Gasteiger partial charge in [0.2, 0.25) is 0 Å². The Labute approximate surface area is 136 Å². The number of piperidine rings is 1. The van der Waals surface area contributed by atoms with E-state index in [9.17, 15) is 5.11 Å². The number of hydrogen-bond acceptors (Lipinski definition) is 3. The monoisotopic (exact) mass is 321 g/mol. The Morgan fingerprint density at radius 2 is 2.32 bits per heavy atom. The number of aliphatic hydroxyl groups is 1. The zero-order valence-corrected chi connectivity index (χ0v) is 12.8. The van der Waals surface area contributed by atoms with Crippen LogP contribution >= 0.6 is 11.6 Å². The molecule has 4 nitrogen and oxygen atoms in total. The maximum Gasteiger partial charge on any atom is 0.0961 e. The van der Waals surface area contributed by atoms with Gasteiger partial charge in [0, 0.05) is 11.6 Å². The third-order valence-electron chi connectivity index (χ3n) is 4.10. The summed E-state index contributed by atoms with van der Waals surface area (Å²) in [5.41, 5.74) is 3.05. The highest BCUT2D eigenvalue weighted by Gasteiger charge is 2.19. The van der Waals surface area contributed by atoms with Gasteiger partial charge in [0.05, 0.1) is 29.5 Å². The fourth-order valence-electron chi connectivity index (χ4n) is 2.80. The molecule has 2 atom stereocenters. The molecule has 1 aliphatic rings. The highest BCUT2D eigenvalue weighted by molar-refractivity contribution is 6.32. The van der Waals surface area contributed by atoms with Gasteiger partial charge < -0.3 is 15.0 Å². The van der Waals surface area contributed by atoms with Crippen LogP contribution in [0.1, 0.15) is 25.8 Å². The maximum absolute atomic E-state index is 9.92. The van der Waals surface area contributed by atoms with Gasteiger partial charge in [-0.3, -0.25) is 0 Å². The number of halogens is 1. The molecule has 22 heavy (non-hydrogen) atoms. The van der Waals surface area contributed by atoms with E-state index in [1.165, 1.54) is 0 Å². The first-order valence-corrected chi connectivity index (χ1v) is 7.72. The first-order valence-electron chi connectivity index (χ1n) is 7.35. The zero-order chi connectivity index (χ0) is 14.8. The summed E-state index contributed by atoms with van der Waals surface area (Å²) in [4.78, 5) is 4.44. The Kier molecular flexibility index (Phi) is 5.62. The first kappa shape index (κ1) is 17.0. The normalized spacial score (nSPS) is 22.1. The highest BCUT2D eigenvalue weighted by atomic mass is 35.5. The van der Waals surface area contributed by atoms with Crippen molar-refractivity contribution in [3.63, 3.8) is 0 Å². The molecule has 0 bridgehead atoms. The van der Waals surface area contributed by atoms with Crippen LogP contribution in [0.15, 0.2) is 30.6 Å². The van der Waals surface area contributed by atoms with Crippen molar-refractivity contribution in [2.24, 2.45) is 0 Å². The number of aromatic nitrogens is 2. The molecule has 2 N–H and O–H groups in total. The second-order valence-electron chi connectivity index (χ2n) is 5.55. The number of nitrogens with one attached hydrogen (secondary N) is 1. The Morgan fingerprint density at radius 3 is 3.09 bits per heavy atom. The molecule has 1 saturated heterocycles. The van der Waals surface area contributed by atoms with Crippen LogP contribution in [0.4, 0.5) is 0 Å². The summed E-state index contributed by atoms with van der Waals surface area (Å²) in [5, 5.41) is 14.0. The van der Waals surface area contributed by atoms with Gasteiger partial charge >= 0.3 is 0 Å². The quantitative estimate of drug-likeness (QED) is 0.853. The largest absolute Gasteiger partial charge is 0.391 e. The number of aryl methyl sites for hydroxylation is 1. The number of allylic oxidation sites excluding steroid dienone is 1. The molecule has 2 aromatic rings. The molecule has 120 valence electrons. The van der Waals surface area contributed by atoms with Gasteiger partial charge in [-0.25, -0.2) is 4.98 Å². The molecule has 3 rings (SSSR count). The molecule has 5 heteroatoms. The van der Waals surface area contributed by atoms with Crippen molar-refractivity contribution < 1.29 is 5.11 Å². The van der Waals surface area contributed by atoms with Gasteiger partial charge in [-0.1, -0.05) is 31.2 Å². The lowest BCUT2D eigenvalue weighted by Gasteiger charge is -2.26. The van der Waals surface area contributed by atoms with Crippen molar-refractivity contribution in [1.29, 1.82) is 0 Å². The summed E-state index contributed by atoms with van der Waals surface area (Å²) in [6, 6.07) is 3.97. The minimum absolute atomic E-state index is 0. The van der Waals surface area contributed by atoms with Gasteiger partial charge in [0.15, 0.2) is 0 Å². The number of benzene rings is 1. The van der Waals surface area contributed by atoms with E-state index in [1.54, 1.807) is 0 Å². The number of rotatable bonds is 3. The predicted molar refractivity (Wildman–Crippen MR) is 92.4 cm³/mol. The molecular formula is C17H24ClN3O. The number of fused-ring (bicyclic) bond motifs is 1. The summed E-state index contributed by atoms with van der Waals surface area (Å²) in [6.45, 7) is 3.69. The maximum atomic E-state index is 9.92. The van der Waals surface area contributed by atoms with Crippen LogP contribution in [-0.4, -0.2) is 33.3 Å². The zero-order valence-electron chi connectivity index (χ0n) is 12.1. The van der Waals surface area contributed by atoms with E-state index < -0.39 is 0 Å². The van der Waals surface area contributed by atoms with Crippen LogP contribution in [0.5, 0.6) is 0 Å². The van der Waals surface area contributed by atoms with Gasteiger partial charge in [-0.2, -0.15) is 0 Å². The molecule has 0 saturated carbocycles. The minimum atomic E-state index is -0.282. The molecule has 1 fully saturated rings. The third kappa shape index (κ3) is 3.35. The van der Waals surface area contributed by atoms with E-state index in [-0.39, 0.29) is 19.6 Å². The van der Waals surface area contributed by atoms with Gasteiger partial charge in [0.1, 0.15) is 0 Å². The molecule has 0 spiro atoms. The first-order chi connectivity index (χ1) is 10.2. The predicted octanol–water partition coefficient (Wildman–Crippen LogP) is 3.30. The van der Waals surface area contributed by atoms with Crippen molar-refractivity contribution in [1.82, 2.24) is 14.9 Å². The average Bonchev–Trinajstić information content (AvgIpc) is 2.89. The molecule has 0 aliphatic carbocycles. The summed E-state index contributed by atoms with van der Waals surface area (Å²) < 4.78 is 2.09. The molecule has 0 unspecified atom stereocenters. The minimum Gasteiger partial charge on any atom is -0.391 e. The van der Waals surface area contributed by atoms with Crippen molar-refractivity contribution >= 4 is 22.6 Å². The fourth-order valence-corrected chi connectivity index (χ4v) is 2.96. The molecule has 1 aromatic carbocycles. The number of nitrogens with zero attached hydrogens (tertiary/aromatic N) is 2. The van der Waals surface area contributed by atoms with Crippen LogP contribution in [0, 0.1) is 6.92 Å². The molecule has 0 amide bonds. The SMILES string of the molecule is C.Cc1c(Cl)ccc2c1ncn2C/C=C/[C@H]1NCCC[C@@H]1O. The van der Waals surface area contributed by atoms with E-state index in [0.29, 0.717) is 0 Å². The van der Waals surface area contributed by atoms with Crippen LogP contribution in [-0.2, 0) is 6.54 Å². The molecule has 1 aromatic heterocycles. The summed E-state index contributed by atoms with van der Waals surface area (Å²) in [5.74, 6) is 0. The lowest BCUT2D eigenvalue weighted by Crippen LogP contribution is -2.43. The van der Waals surface area contributed by atoms with Crippen LogP contribution in [0.2, 0.25) is 5.02 Å². The Bertz CT molecular complexity index is 665. The number of aliphatic hydroxyl groups excluding tert-OH is 1. The van der Waals surface area contributed by atoms with E-state index >= 15 is 0 Å².